The summed E-state index contributed by atoms with van der Waals surface area (Å²) in [6.45, 7) is 1.63. The fourth-order valence-corrected chi connectivity index (χ4v) is 3.09. The third-order valence-electron chi connectivity index (χ3n) is 3.78. The maximum atomic E-state index is 12.6. The van der Waals surface area contributed by atoms with Gasteiger partial charge in [0.05, 0.1) is 5.41 Å². The molecule has 7 heteroatoms. The van der Waals surface area contributed by atoms with Crippen LogP contribution in [-0.2, 0) is 22.8 Å². The minimum Gasteiger partial charge on any atom is -0.456 e. The van der Waals surface area contributed by atoms with Crippen molar-refractivity contribution in [3.8, 4) is 0 Å². The average Bonchev–Trinajstić information content (AvgIpc) is 2.95. The molecule has 3 rings (SSSR count). The van der Waals surface area contributed by atoms with Gasteiger partial charge in [-0.2, -0.15) is 13.2 Å². The summed E-state index contributed by atoms with van der Waals surface area (Å²) >= 11 is 6.16. The Hall–Kier alpha value is -1.95. The number of fused-ring (bicyclic) bond motifs is 1. The molecule has 1 amide bonds. The van der Waals surface area contributed by atoms with E-state index in [1.165, 1.54) is 6.07 Å². The molecule has 0 radical (unpaired) electrons. The maximum Gasteiger partial charge on any atom is 0.449 e. The van der Waals surface area contributed by atoms with Crippen LogP contribution in [0.2, 0.25) is 5.02 Å². The van der Waals surface area contributed by atoms with Crippen molar-refractivity contribution in [1.82, 2.24) is 0 Å². The fourth-order valence-electron chi connectivity index (χ4n) is 2.71. The summed E-state index contributed by atoms with van der Waals surface area (Å²) in [5.41, 5.74) is 0.0724. The van der Waals surface area contributed by atoms with Crippen LogP contribution in [0.4, 0.5) is 18.9 Å². The number of carbonyl (C=O) groups is 1. The predicted molar refractivity (Wildman–Crippen MR) is 74.8 cm³/mol. The molecule has 2 aromatic rings. The van der Waals surface area contributed by atoms with Gasteiger partial charge in [0, 0.05) is 22.7 Å². The SMILES string of the molecule is CC1(Cc2ccc(C(F)(F)F)o2)C(=O)Nc2cccc(Cl)c21. The van der Waals surface area contributed by atoms with Gasteiger partial charge in [0.2, 0.25) is 11.7 Å². The molecule has 1 unspecified atom stereocenters. The Bertz CT molecular complexity index is 753. The van der Waals surface area contributed by atoms with Crippen molar-refractivity contribution >= 4 is 23.2 Å². The van der Waals surface area contributed by atoms with Crippen LogP contribution < -0.4 is 5.32 Å². The molecule has 0 bridgehead atoms. The number of rotatable bonds is 2. The van der Waals surface area contributed by atoms with E-state index in [0.717, 1.165) is 6.07 Å². The van der Waals surface area contributed by atoms with Gasteiger partial charge in [0.1, 0.15) is 5.76 Å². The lowest BCUT2D eigenvalue weighted by atomic mass is 9.80. The van der Waals surface area contributed by atoms with Gasteiger partial charge in [-0.25, -0.2) is 0 Å². The van der Waals surface area contributed by atoms with Crippen LogP contribution >= 0.6 is 11.6 Å². The second-order valence-electron chi connectivity index (χ2n) is 5.39. The number of benzene rings is 1. The lowest BCUT2D eigenvalue weighted by Crippen LogP contribution is -2.33. The van der Waals surface area contributed by atoms with Crippen molar-refractivity contribution in [2.24, 2.45) is 0 Å². The van der Waals surface area contributed by atoms with Crippen LogP contribution in [0.25, 0.3) is 0 Å². The van der Waals surface area contributed by atoms with Crippen LogP contribution in [0.5, 0.6) is 0 Å². The highest BCUT2D eigenvalue weighted by Crippen LogP contribution is 2.44. The van der Waals surface area contributed by atoms with E-state index in [0.29, 0.717) is 16.3 Å². The number of amides is 1. The minimum absolute atomic E-state index is 0.00829. The van der Waals surface area contributed by atoms with Gasteiger partial charge in [-0.05, 0) is 31.2 Å². The Kier molecular flexibility index (Phi) is 3.25. The summed E-state index contributed by atoms with van der Waals surface area (Å²) in [6, 6.07) is 7.13. The van der Waals surface area contributed by atoms with E-state index in [1.807, 2.05) is 0 Å². The summed E-state index contributed by atoms with van der Waals surface area (Å²) in [4.78, 5) is 12.3. The predicted octanol–water partition coefficient (Wildman–Crippen LogP) is 4.40. The average molecular weight is 330 g/mol. The van der Waals surface area contributed by atoms with E-state index in [2.05, 4.69) is 5.32 Å². The van der Waals surface area contributed by atoms with Crippen molar-refractivity contribution < 1.29 is 22.4 Å². The van der Waals surface area contributed by atoms with Gasteiger partial charge in [0.15, 0.2) is 0 Å². The molecule has 0 saturated carbocycles. The number of hydrogen-bond acceptors (Lipinski definition) is 2. The van der Waals surface area contributed by atoms with Crippen molar-refractivity contribution in [2.75, 3.05) is 5.32 Å². The monoisotopic (exact) mass is 329 g/mol. The van der Waals surface area contributed by atoms with Crippen LogP contribution in [0.1, 0.15) is 24.0 Å². The Morgan fingerprint density at radius 3 is 2.64 bits per heavy atom. The van der Waals surface area contributed by atoms with Crippen LogP contribution in [-0.4, -0.2) is 5.91 Å². The van der Waals surface area contributed by atoms with Crippen molar-refractivity contribution in [3.63, 3.8) is 0 Å². The number of hydrogen-bond donors (Lipinski definition) is 1. The molecular formula is C15H11ClF3NO2. The first-order valence-corrected chi connectivity index (χ1v) is 6.86. The molecule has 1 aliphatic heterocycles. The molecule has 0 spiro atoms. The van der Waals surface area contributed by atoms with Crippen LogP contribution in [0.3, 0.4) is 0 Å². The molecule has 0 fully saturated rings. The zero-order valence-corrected chi connectivity index (χ0v) is 12.2. The van der Waals surface area contributed by atoms with Gasteiger partial charge in [-0.3, -0.25) is 4.79 Å². The summed E-state index contributed by atoms with van der Waals surface area (Å²) in [7, 11) is 0. The number of carbonyl (C=O) groups excluding carboxylic acids is 1. The van der Waals surface area contributed by atoms with Crippen molar-refractivity contribution in [2.45, 2.75) is 24.9 Å². The van der Waals surface area contributed by atoms with E-state index in [4.69, 9.17) is 16.0 Å². The quantitative estimate of drug-likeness (QED) is 0.887. The molecule has 1 aliphatic rings. The summed E-state index contributed by atoms with van der Waals surface area (Å²) in [6.07, 6.45) is -4.56. The van der Waals surface area contributed by atoms with Gasteiger partial charge >= 0.3 is 6.18 Å². The number of halogens is 4. The number of nitrogens with one attached hydrogen (secondary N) is 1. The standard InChI is InChI=1S/C15H11ClF3NO2/c1-14(7-8-5-6-11(22-8)15(17,18)19)12-9(16)3-2-4-10(12)20-13(14)21/h2-6H,7H2,1H3,(H,20,21). The molecule has 2 heterocycles. The molecule has 22 heavy (non-hydrogen) atoms. The largest absolute Gasteiger partial charge is 0.456 e. The number of alkyl halides is 3. The normalized spacial score (nSPS) is 20.9. The second-order valence-corrected chi connectivity index (χ2v) is 5.80. The van der Waals surface area contributed by atoms with E-state index in [9.17, 15) is 18.0 Å². The fraction of sp³-hybridized carbons (Fsp3) is 0.267. The summed E-state index contributed by atoms with van der Waals surface area (Å²) in [5.74, 6) is -1.32. The minimum atomic E-state index is -4.55. The van der Waals surface area contributed by atoms with Crippen molar-refractivity contribution in [1.29, 1.82) is 0 Å². The van der Waals surface area contributed by atoms with E-state index in [-0.39, 0.29) is 18.1 Å². The maximum absolute atomic E-state index is 12.6. The van der Waals surface area contributed by atoms with E-state index in [1.54, 1.807) is 25.1 Å². The molecule has 0 saturated heterocycles. The Balaban J connectivity index is 1.99. The van der Waals surface area contributed by atoms with E-state index >= 15 is 0 Å². The van der Waals surface area contributed by atoms with Crippen molar-refractivity contribution in [3.05, 3.63) is 52.4 Å². The molecule has 1 aromatic carbocycles. The Morgan fingerprint density at radius 2 is 2.00 bits per heavy atom. The first-order chi connectivity index (χ1) is 10.2. The molecule has 1 atom stereocenters. The summed E-state index contributed by atoms with van der Waals surface area (Å²) in [5, 5.41) is 3.09. The number of furan rings is 1. The zero-order chi connectivity index (χ0) is 16.1. The molecule has 1 aromatic heterocycles. The highest BCUT2D eigenvalue weighted by Gasteiger charge is 2.45. The topological polar surface area (TPSA) is 42.2 Å². The second kappa shape index (κ2) is 4.78. The van der Waals surface area contributed by atoms with Crippen LogP contribution in [0.15, 0.2) is 34.7 Å². The van der Waals surface area contributed by atoms with Gasteiger partial charge < -0.3 is 9.73 Å². The lowest BCUT2D eigenvalue weighted by Gasteiger charge is -2.21. The first kappa shape index (κ1) is 15.0. The molecule has 3 nitrogen and oxygen atoms in total. The molecular weight excluding hydrogens is 319 g/mol. The highest BCUT2D eigenvalue weighted by atomic mass is 35.5. The van der Waals surface area contributed by atoms with Gasteiger partial charge in [-0.15, -0.1) is 0 Å². The van der Waals surface area contributed by atoms with Crippen LogP contribution in [0, 0.1) is 0 Å². The smallest absolute Gasteiger partial charge is 0.449 e. The Labute approximate surface area is 129 Å². The highest BCUT2D eigenvalue weighted by molar-refractivity contribution is 6.33. The van der Waals surface area contributed by atoms with Gasteiger partial charge in [0.25, 0.3) is 0 Å². The number of anilines is 1. The first-order valence-electron chi connectivity index (χ1n) is 6.48. The van der Waals surface area contributed by atoms with Gasteiger partial charge in [-0.1, -0.05) is 17.7 Å². The third kappa shape index (κ3) is 2.27. The molecule has 116 valence electrons. The lowest BCUT2D eigenvalue weighted by molar-refractivity contribution is -0.153. The molecule has 1 N–H and O–H groups in total. The zero-order valence-electron chi connectivity index (χ0n) is 11.4. The molecule has 0 aliphatic carbocycles. The third-order valence-corrected chi connectivity index (χ3v) is 4.10. The Morgan fingerprint density at radius 1 is 1.27 bits per heavy atom. The summed E-state index contributed by atoms with van der Waals surface area (Å²) < 4.78 is 42.6. The van der Waals surface area contributed by atoms with E-state index < -0.39 is 17.4 Å².